The van der Waals surface area contributed by atoms with Crippen LogP contribution in [0.5, 0.6) is 0 Å². The molecule has 1 N–H and O–H groups in total. The Morgan fingerprint density at radius 1 is 1.50 bits per heavy atom. The minimum atomic E-state index is 0.143. The maximum atomic E-state index is 11.2. The van der Waals surface area contributed by atoms with E-state index in [-0.39, 0.29) is 6.61 Å². The number of hydrogen-bond donors (Lipinski definition) is 1. The lowest BCUT2D eigenvalue weighted by Crippen LogP contribution is -2.38. The summed E-state index contributed by atoms with van der Waals surface area (Å²) in [5.41, 5.74) is 1.03. The standard InChI is InChI=1S/C13H23NO2S2/c1-3-9-17-18-13(7-8-15)11(2)14(10-16)12-5-4-6-12/h10,12,15H,3-9H2,1-2H3/b13-11-. The highest BCUT2D eigenvalue weighted by atomic mass is 33.1. The fourth-order valence-corrected chi connectivity index (χ4v) is 4.41. The van der Waals surface area contributed by atoms with Crippen LogP contribution in [-0.2, 0) is 4.79 Å². The molecule has 0 aromatic rings. The number of carbonyl (C=O) groups excluding carboxylic acids is 1. The molecule has 1 aliphatic rings. The van der Waals surface area contributed by atoms with E-state index in [9.17, 15) is 4.79 Å². The van der Waals surface area contributed by atoms with Crippen molar-refractivity contribution in [1.29, 1.82) is 0 Å². The van der Waals surface area contributed by atoms with Crippen molar-refractivity contribution in [1.82, 2.24) is 4.90 Å². The number of hydrogen-bond acceptors (Lipinski definition) is 4. The van der Waals surface area contributed by atoms with E-state index in [1.807, 2.05) is 11.8 Å². The number of amides is 1. The molecule has 1 rings (SSSR count). The van der Waals surface area contributed by atoms with Gasteiger partial charge in [-0.25, -0.2) is 0 Å². The minimum Gasteiger partial charge on any atom is -0.396 e. The molecule has 0 radical (unpaired) electrons. The van der Waals surface area contributed by atoms with Crippen LogP contribution in [0.3, 0.4) is 0 Å². The van der Waals surface area contributed by atoms with Gasteiger partial charge in [0.15, 0.2) is 0 Å². The minimum absolute atomic E-state index is 0.143. The summed E-state index contributed by atoms with van der Waals surface area (Å²) >= 11 is 0. The van der Waals surface area contributed by atoms with E-state index in [0.717, 1.165) is 42.0 Å². The van der Waals surface area contributed by atoms with Gasteiger partial charge in [-0.15, -0.1) is 0 Å². The lowest BCUT2D eigenvalue weighted by Gasteiger charge is -2.36. The van der Waals surface area contributed by atoms with E-state index in [0.29, 0.717) is 12.5 Å². The van der Waals surface area contributed by atoms with Gasteiger partial charge in [-0.1, -0.05) is 28.5 Å². The predicted octanol–water partition coefficient (Wildman–Crippen LogP) is 3.40. The molecule has 1 fully saturated rings. The first-order valence-electron chi connectivity index (χ1n) is 6.58. The van der Waals surface area contributed by atoms with Gasteiger partial charge in [-0.2, -0.15) is 0 Å². The SMILES string of the molecule is CCCSS/C(CCO)=C(/C)N(C=O)C1CCC1. The van der Waals surface area contributed by atoms with Crippen molar-refractivity contribution in [2.45, 2.75) is 52.0 Å². The maximum absolute atomic E-state index is 11.2. The highest BCUT2D eigenvalue weighted by Gasteiger charge is 2.26. The monoisotopic (exact) mass is 289 g/mol. The molecule has 0 saturated heterocycles. The van der Waals surface area contributed by atoms with Crippen LogP contribution in [-0.4, -0.2) is 34.8 Å². The summed E-state index contributed by atoms with van der Waals surface area (Å²) in [5.74, 6) is 1.09. The van der Waals surface area contributed by atoms with E-state index in [1.54, 1.807) is 21.6 Å². The van der Waals surface area contributed by atoms with Gasteiger partial charge in [0, 0.05) is 35.4 Å². The summed E-state index contributed by atoms with van der Waals surface area (Å²) in [6.45, 7) is 4.29. The largest absolute Gasteiger partial charge is 0.396 e. The molecule has 0 bridgehead atoms. The van der Waals surface area contributed by atoms with E-state index < -0.39 is 0 Å². The number of allylic oxidation sites excluding steroid dienone is 1. The van der Waals surface area contributed by atoms with Crippen molar-refractivity contribution < 1.29 is 9.90 Å². The zero-order valence-electron chi connectivity index (χ0n) is 11.2. The second-order valence-corrected chi connectivity index (χ2v) is 7.00. The molecule has 0 atom stereocenters. The molecule has 104 valence electrons. The number of rotatable bonds is 9. The molecular weight excluding hydrogens is 266 g/mol. The van der Waals surface area contributed by atoms with Crippen LogP contribution in [0.4, 0.5) is 0 Å². The Kier molecular flexibility index (Phi) is 7.86. The van der Waals surface area contributed by atoms with Gasteiger partial charge in [0.25, 0.3) is 0 Å². The fourth-order valence-electron chi connectivity index (χ4n) is 1.83. The molecule has 0 aliphatic heterocycles. The predicted molar refractivity (Wildman–Crippen MR) is 80.3 cm³/mol. The van der Waals surface area contributed by atoms with Gasteiger partial charge in [0.1, 0.15) is 0 Å². The molecule has 18 heavy (non-hydrogen) atoms. The lowest BCUT2D eigenvalue weighted by molar-refractivity contribution is -0.119. The molecule has 0 aromatic heterocycles. The molecule has 0 aromatic carbocycles. The first-order valence-corrected chi connectivity index (χ1v) is 8.90. The summed E-state index contributed by atoms with van der Waals surface area (Å²) < 4.78 is 0. The summed E-state index contributed by atoms with van der Waals surface area (Å²) in [4.78, 5) is 14.2. The van der Waals surface area contributed by atoms with Crippen molar-refractivity contribution >= 4 is 28.0 Å². The summed E-state index contributed by atoms with van der Waals surface area (Å²) in [7, 11) is 3.51. The average Bonchev–Trinajstić information content (AvgIpc) is 2.31. The van der Waals surface area contributed by atoms with Gasteiger partial charge >= 0.3 is 0 Å². The number of carbonyl (C=O) groups is 1. The summed E-state index contributed by atoms with van der Waals surface area (Å²) in [5, 5.41) is 9.14. The van der Waals surface area contributed by atoms with Gasteiger partial charge < -0.3 is 10.0 Å². The van der Waals surface area contributed by atoms with Crippen molar-refractivity contribution in [3.63, 3.8) is 0 Å². The van der Waals surface area contributed by atoms with E-state index in [1.165, 1.54) is 6.42 Å². The molecule has 0 spiro atoms. The van der Waals surface area contributed by atoms with Crippen molar-refractivity contribution in [3.8, 4) is 0 Å². The molecule has 0 heterocycles. The zero-order chi connectivity index (χ0) is 13.4. The second kappa shape index (κ2) is 8.88. The van der Waals surface area contributed by atoms with Gasteiger partial charge in [0.05, 0.1) is 0 Å². The average molecular weight is 289 g/mol. The third-order valence-corrected chi connectivity index (χ3v) is 6.01. The van der Waals surface area contributed by atoms with E-state index >= 15 is 0 Å². The Morgan fingerprint density at radius 3 is 2.67 bits per heavy atom. The molecule has 0 unspecified atom stereocenters. The van der Waals surface area contributed by atoms with Crippen LogP contribution >= 0.6 is 21.6 Å². The second-order valence-electron chi connectivity index (χ2n) is 4.48. The van der Waals surface area contributed by atoms with Crippen molar-refractivity contribution in [2.75, 3.05) is 12.4 Å². The third-order valence-electron chi connectivity index (χ3n) is 3.16. The van der Waals surface area contributed by atoms with Crippen LogP contribution in [0.1, 0.15) is 46.0 Å². The normalized spacial score (nSPS) is 17.1. The quantitative estimate of drug-likeness (QED) is 0.401. The topological polar surface area (TPSA) is 40.5 Å². The Hall–Kier alpha value is -0.130. The summed E-state index contributed by atoms with van der Waals surface area (Å²) in [6, 6.07) is 0.382. The smallest absolute Gasteiger partial charge is 0.214 e. The molecule has 5 heteroatoms. The van der Waals surface area contributed by atoms with Crippen LogP contribution in [0.2, 0.25) is 0 Å². The Labute approximate surface area is 118 Å². The van der Waals surface area contributed by atoms with Crippen LogP contribution < -0.4 is 0 Å². The lowest BCUT2D eigenvalue weighted by atomic mass is 9.91. The Balaban J connectivity index is 2.68. The van der Waals surface area contributed by atoms with Crippen LogP contribution in [0.15, 0.2) is 10.6 Å². The van der Waals surface area contributed by atoms with Crippen LogP contribution in [0, 0.1) is 0 Å². The van der Waals surface area contributed by atoms with E-state index in [2.05, 4.69) is 6.92 Å². The Morgan fingerprint density at radius 2 is 2.22 bits per heavy atom. The Bertz CT molecular complexity index is 291. The molecule has 3 nitrogen and oxygen atoms in total. The highest BCUT2D eigenvalue weighted by molar-refractivity contribution is 8.78. The molecule has 1 amide bonds. The molecule has 1 saturated carbocycles. The maximum Gasteiger partial charge on any atom is 0.214 e. The van der Waals surface area contributed by atoms with Gasteiger partial charge in [-0.05, 0) is 32.6 Å². The highest BCUT2D eigenvalue weighted by Crippen LogP contribution is 2.37. The molecular formula is C13H23NO2S2. The first-order chi connectivity index (χ1) is 8.74. The van der Waals surface area contributed by atoms with Crippen LogP contribution in [0.25, 0.3) is 0 Å². The summed E-state index contributed by atoms with van der Waals surface area (Å²) in [6.07, 6.45) is 6.16. The number of aliphatic hydroxyl groups is 1. The zero-order valence-corrected chi connectivity index (χ0v) is 12.9. The number of aliphatic hydroxyl groups excluding tert-OH is 1. The van der Waals surface area contributed by atoms with Gasteiger partial charge in [-0.3, -0.25) is 4.79 Å². The van der Waals surface area contributed by atoms with Crippen molar-refractivity contribution in [3.05, 3.63) is 10.6 Å². The van der Waals surface area contributed by atoms with E-state index in [4.69, 9.17) is 5.11 Å². The third kappa shape index (κ3) is 4.52. The van der Waals surface area contributed by atoms with Crippen molar-refractivity contribution in [2.24, 2.45) is 0 Å². The number of nitrogens with zero attached hydrogens (tertiary/aromatic N) is 1. The van der Waals surface area contributed by atoms with Gasteiger partial charge in [0.2, 0.25) is 6.41 Å². The molecule has 1 aliphatic carbocycles. The fraction of sp³-hybridized carbons (Fsp3) is 0.769. The first kappa shape index (κ1) is 15.9.